The van der Waals surface area contributed by atoms with Gasteiger partial charge in [-0.3, -0.25) is 19.3 Å². The molecular formula is C23H23N3O4. The quantitative estimate of drug-likeness (QED) is 0.629. The smallest absolute Gasteiger partial charge is 0.261 e. The molecule has 7 heteroatoms. The molecule has 0 saturated carbocycles. The zero-order valence-electron chi connectivity index (χ0n) is 17.1. The van der Waals surface area contributed by atoms with Gasteiger partial charge in [-0.2, -0.15) is 5.26 Å². The molecule has 0 spiro atoms. The van der Waals surface area contributed by atoms with Crippen molar-refractivity contribution in [1.29, 1.82) is 5.26 Å². The summed E-state index contributed by atoms with van der Waals surface area (Å²) in [6.45, 7) is 4.50. The highest BCUT2D eigenvalue weighted by molar-refractivity contribution is 6.21. The van der Waals surface area contributed by atoms with Gasteiger partial charge in [0, 0.05) is 25.2 Å². The molecule has 0 saturated heterocycles. The Morgan fingerprint density at radius 3 is 2.47 bits per heavy atom. The first kappa shape index (κ1) is 21.1. The van der Waals surface area contributed by atoms with Crippen molar-refractivity contribution in [3.05, 3.63) is 59.2 Å². The monoisotopic (exact) mass is 405 g/mol. The molecule has 0 N–H and O–H groups in total. The molecule has 0 aliphatic carbocycles. The molecule has 2 aromatic carbocycles. The van der Waals surface area contributed by atoms with Crippen LogP contribution in [0.1, 0.15) is 46.0 Å². The lowest BCUT2D eigenvalue weighted by molar-refractivity contribution is -0.118. The van der Waals surface area contributed by atoms with Crippen LogP contribution in [0.15, 0.2) is 42.5 Å². The maximum atomic E-state index is 12.9. The van der Waals surface area contributed by atoms with Crippen molar-refractivity contribution in [2.45, 2.75) is 26.7 Å². The number of hydrogen-bond donors (Lipinski definition) is 0. The highest BCUT2D eigenvalue weighted by atomic mass is 16.5. The largest absolute Gasteiger partial charge is 0.494 e. The van der Waals surface area contributed by atoms with Crippen LogP contribution in [0.5, 0.6) is 5.75 Å². The molecule has 30 heavy (non-hydrogen) atoms. The SMILES string of the molecule is CCOc1ccc(N(CCC#N)C(=O)CCN2C(=O)c3ccc(C)cc3C2=O)cc1. The fraction of sp³-hybridized carbons (Fsp3) is 0.304. The molecular weight excluding hydrogens is 382 g/mol. The second-order valence-corrected chi connectivity index (χ2v) is 6.94. The molecule has 3 rings (SSSR count). The number of nitrogens with zero attached hydrogens (tertiary/aromatic N) is 3. The van der Waals surface area contributed by atoms with E-state index in [2.05, 4.69) is 0 Å². The summed E-state index contributed by atoms with van der Waals surface area (Å²) in [7, 11) is 0. The van der Waals surface area contributed by atoms with E-state index in [9.17, 15) is 14.4 Å². The van der Waals surface area contributed by atoms with Crippen LogP contribution in [0.25, 0.3) is 0 Å². The molecule has 0 radical (unpaired) electrons. The van der Waals surface area contributed by atoms with Gasteiger partial charge < -0.3 is 9.64 Å². The van der Waals surface area contributed by atoms with Gasteiger partial charge in [0.2, 0.25) is 5.91 Å². The molecule has 2 aromatic rings. The number of imide groups is 1. The number of anilines is 1. The molecule has 0 bridgehead atoms. The van der Waals surface area contributed by atoms with Gasteiger partial charge >= 0.3 is 0 Å². The number of hydrogen-bond acceptors (Lipinski definition) is 5. The van der Waals surface area contributed by atoms with Crippen molar-refractivity contribution >= 4 is 23.4 Å². The standard InChI is InChI=1S/C23H23N3O4/c1-3-30-18-8-6-17(7-9-18)25(13-4-12-24)21(27)11-14-26-22(28)19-10-5-16(2)15-20(19)23(26)29/h5-10,15H,3-4,11,13-14H2,1-2H3. The van der Waals surface area contributed by atoms with E-state index in [1.165, 1.54) is 4.90 Å². The summed E-state index contributed by atoms with van der Waals surface area (Å²) in [6.07, 6.45) is 0.147. The Morgan fingerprint density at radius 2 is 1.80 bits per heavy atom. The lowest BCUT2D eigenvalue weighted by atomic mass is 10.1. The third-order valence-electron chi connectivity index (χ3n) is 4.88. The Kier molecular flexibility index (Phi) is 6.48. The zero-order valence-corrected chi connectivity index (χ0v) is 17.1. The maximum Gasteiger partial charge on any atom is 0.261 e. The summed E-state index contributed by atoms with van der Waals surface area (Å²) in [5, 5.41) is 8.95. The van der Waals surface area contributed by atoms with Gasteiger partial charge in [-0.15, -0.1) is 0 Å². The highest BCUT2D eigenvalue weighted by Crippen LogP contribution is 2.25. The van der Waals surface area contributed by atoms with Crippen molar-refractivity contribution in [3.63, 3.8) is 0 Å². The summed E-state index contributed by atoms with van der Waals surface area (Å²) in [4.78, 5) is 40.7. The van der Waals surface area contributed by atoms with Crippen molar-refractivity contribution in [3.8, 4) is 11.8 Å². The molecule has 0 aromatic heterocycles. The molecule has 154 valence electrons. The number of carbonyl (C=O) groups is 3. The second-order valence-electron chi connectivity index (χ2n) is 6.94. The van der Waals surface area contributed by atoms with Gasteiger partial charge in [-0.1, -0.05) is 11.6 Å². The predicted octanol–water partition coefficient (Wildman–Crippen LogP) is 3.33. The minimum atomic E-state index is -0.382. The molecule has 0 unspecified atom stereocenters. The summed E-state index contributed by atoms with van der Waals surface area (Å²) in [6, 6.07) is 14.2. The first-order valence-electron chi connectivity index (χ1n) is 9.83. The van der Waals surface area contributed by atoms with Crippen LogP contribution < -0.4 is 9.64 Å². The first-order valence-corrected chi connectivity index (χ1v) is 9.83. The van der Waals surface area contributed by atoms with Gasteiger partial charge in [-0.05, 0) is 50.2 Å². The maximum absolute atomic E-state index is 12.9. The minimum Gasteiger partial charge on any atom is -0.494 e. The van der Waals surface area contributed by atoms with E-state index in [1.54, 1.807) is 42.5 Å². The van der Waals surface area contributed by atoms with E-state index in [-0.39, 0.29) is 43.7 Å². The molecule has 3 amide bonds. The zero-order chi connectivity index (χ0) is 21.7. The van der Waals surface area contributed by atoms with Crippen LogP contribution in [0.4, 0.5) is 5.69 Å². The van der Waals surface area contributed by atoms with E-state index in [1.807, 2.05) is 19.9 Å². The van der Waals surface area contributed by atoms with E-state index in [0.29, 0.717) is 29.2 Å². The van der Waals surface area contributed by atoms with Gasteiger partial charge in [0.1, 0.15) is 5.75 Å². The Balaban J connectivity index is 1.71. The number of rotatable bonds is 8. The Labute approximate surface area is 175 Å². The lowest BCUT2D eigenvalue weighted by Crippen LogP contribution is -2.37. The topological polar surface area (TPSA) is 90.7 Å². The van der Waals surface area contributed by atoms with Crippen molar-refractivity contribution in [1.82, 2.24) is 4.90 Å². The summed E-state index contributed by atoms with van der Waals surface area (Å²) in [5.74, 6) is -0.332. The third kappa shape index (κ3) is 4.33. The number of nitriles is 1. The fourth-order valence-corrected chi connectivity index (χ4v) is 3.40. The lowest BCUT2D eigenvalue weighted by Gasteiger charge is -2.23. The number of benzene rings is 2. The highest BCUT2D eigenvalue weighted by Gasteiger charge is 2.35. The van der Waals surface area contributed by atoms with E-state index in [0.717, 1.165) is 10.5 Å². The predicted molar refractivity (Wildman–Crippen MR) is 111 cm³/mol. The number of carbonyl (C=O) groups excluding carboxylic acids is 3. The van der Waals surface area contributed by atoms with Crippen LogP contribution in [0.3, 0.4) is 0 Å². The Morgan fingerprint density at radius 1 is 1.10 bits per heavy atom. The van der Waals surface area contributed by atoms with Crippen molar-refractivity contribution in [2.75, 3.05) is 24.6 Å². The second kappa shape index (κ2) is 9.23. The molecule has 0 atom stereocenters. The van der Waals surface area contributed by atoms with Crippen molar-refractivity contribution in [2.24, 2.45) is 0 Å². The Bertz CT molecular complexity index is 1010. The average Bonchev–Trinajstić information content (AvgIpc) is 2.97. The summed E-state index contributed by atoms with van der Waals surface area (Å²) in [5.41, 5.74) is 2.27. The van der Waals surface area contributed by atoms with Gasteiger partial charge in [0.25, 0.3) is 11.8 Å². The van der Waals surface area contributed by atoms with Gasteiger partial charge in [0.05, 0.1) is 30.2 Å². The number of aryl methyl sites for hydroxylation is 1. The molecule has 0 fully saturated rings. The number of fused-ring (bicyclic) bond motifs is 1. The van der Waals surface area contributed by atoms with Crippen molar-refractivity contribution < 1.29 is 19.1 Å². The van der Waals surface area contributed by atoms with Crippen LogP contribution in [0.2, 0.25) is 0 Å². The normalized spacial score (nSPS) is 12.5. The number of amides is 3. The number of ether oxygens (including phenoxy) is 1. The average molecular weight is 405 g/mol. The van der Waals surface area contributed by atoms with E-state index >= 15 is 0 Å². The van der Waals surface area contributed by atoms with Crippen LogP contribution in [0, 0.1) is 18.3 Å². The molecule has 1 heterocycles. The fourth-order valence-electron chi connectivity index (χ4n) is 3.40. The van der Waals surface area contributed by atoms with Crippen LogP contribution >= 0.6 is 0 Å². The molecule has 1 aliphatic heterocycles. The summed E-state index contributed by atoms with van der Waals surface area (Å²) >= 11 is 0. The van der Waals surface area contributed by atoms with E-state index < -0.39 is 0 Å². The van der Waals surface area contributed by atoms with E-state index in [4.69, 9.17) is 10.00 Å². The van der Waals surface area contributed by atoms with Crippen LogP contribution in [-0.4, -0.2) is 42.3 Å². The Hall–Kier alpha value is -3.66. The van der Waals surface area contributed by atoms with Crippen LogP contribution in [-0.2, 0) is 4.79 Å². The first-order chi connectivity index (χ1) is 14.5. The van der Waals surface area contributed by atoms with Gasteiger partial charge in [0.15, 0.2) is 0 Å². The summed E-state index contributed by atoms with van der Waals surface area (Å²) < 4.78 is 5.42. The van der Waals surface area contributed by atoms with Gasteiger partial charge in [-0.25, -0.2) is 0 Å². The third-order valence-corrected chi connectivity index (χ3v) is 4.88. The molecule has 7 nitrogen and oxygen atoms in total. The minimum absolute atomic E-state index is 0.00961. The molecule has 1 aliphatic rings.